The van der Waals surface area contributed by atoms with Gasteiger partial charge in [-0.25, -0.2) is 19.0 Å². The average Bonchev–Trinajstić information content (AvgIpc) is 2.49. The number of nitrogens with zero attached hydrogens (tertiary/aromatic N) is 1. The number of pyridine rings is 1. The minimum absolute atomic E-state index is 0.250. The van der Waals surface area contributed by atoms with Gasteiger partial charge in [-0.3, -0.25) is 0 Å². The highest BCUT2D eigenvalue weighted by molar-refractivity contribution is 5.89. The zero-order valence-electron chi connectivity index (χ0n) is 12.5. The van der Waals surface area contributed by atoms with Gasteiger partial charge < -0.3 is 21.7 Å². The zero-order chi connectivity index (χ0) is 18.1. The van der Waals surface area contributed by atoms with Gasteiger partial charge in [-0.2, -0.15) is 0 Å². The van der Waals surface area contributed by atoms with Gasteiger partial charge in [-0.15, -0.1) is 0 Å². The summed E-state index contributed by atoms with van der Waals surface area (Å²) in [6.45, 7) is 0. The second-order valence-corrected chi connectivity index (χ2v) is 4.60. The lowest BCUT2D eigenvalue weighted by atomic mass is 10.1. The molecule has 1 heterocycles. The molecule has 0 aliphatic rings. The Balaban J connectivity index is 0.000000307. The van der Waals surface area contributed by atoms with Crippen LogP contribution in [0.25, 0.3) is 0 Å². The lowest BCUT2D eigenvalue weighted by Gasteiger charge is -2.05. The van der Waals surface area contributed by atoms with E-state index in [1.165, 1.54) is 12.1 Å². The summed E-state index contributed by atoms with van der Waals surface area (Å²) in [6, 6.07) is 9.90. The summed E-state index contributed by atoms with van der Waals surface area (Å²) >= 11 is 0. The lowest BCUT2D eigenvalue weighted by molar-refractivity contribution is -0.134. The molecular formula is C16H16FN3O4. The standard InChI is InChI=1S/C12H12FN3.C4H4O4/c13-10-3-1-2-8(7-10)6-9-4-5-11(14)16-12(9)15;5-3(6)1-2-4(7)8/h1-5,7H,6H2,(H4,14,15,16);1-2H,(H,5,6)(H,7,8). The largest absolute Gasteiger partial charge is 0.478 e. The number of nitrogen functional groups attached to an aromatic ring is 2. The van der Waals surface area contributed by atoms with E-state index in [4.69, 9.17) is 21.7 Å². The number of hydrogen-bond donors (Lipinski definition) is 4. The first-order chi connectivity index (χ1) is 11.3. The number of carboxylic acid groups (broad SMARTS) is 2. The molecule has 0 radical (unpaired) electrons. The Labute approximate surface area is 137 Å². The van der Waals surface area contributed by atoms with E-state index < -0.39 is 11.9 Å². The van der Waals surface area contributed by atoms with Crippen molar-refractivity contribution in [3.63, 3.8) is 0 Å². The van der Waals surface area contributed by atoms with Gasteiger partial charge >= 0.3 is 11.9 Å². The van der Waals surface area contributed by atoms with Gasteiger partial charge in [-0.1, -0.05) is 18.2 Å². The van der Waals surface area contributed by atoms with Gasteiger partial charge in [0.1, 0.15) is 17.5 Å². The Kier molecular flexibility index (Phi) is 6.90. The van der Waals surface area contributed by atoms with Crippen molar-refractivity contribution in [1.29, 1.82) is 0 Å². The molecule has 0 spiro atoms. The topological polar surface area (TPSA) is 140 Å². The number of benzene rings is 1. The molecule has 0 bridgehead atoms. The second kappa shape index (κ2) is 8.89. The molecule has 0 saturated carbocycles. The van der Waals surface area contributed by atoms with E-state index in [1.54, 1.807) is 12.1 Å². The predicted molar refractivity (Wildman–Crippen MR) is 86.7 cm³/mol. The maximum absolute atomic E-state index is 13.0. The van der Waals surface area contributed by atoms with Crippen LogP contribution in [-0.4, -0.2) is 27.1 Å². The van der Waals surface area contributed by atoms with Crippen LogP contribution in [0.15, 0.2) is 48.6 Å². The van der Waals surface area contributed by atoms with Gasteiger partial charge in [-0.05, 0) is 29.3 Å². The van der Waals surface area contributed by atoms with Crippen molar-refractivity contribution in [3.05, 3.63) is 65.5 Å². The molecule has 8 heteroatoms. The number of rotatable bonds is 4. The smallest absolute Gasteiger partial charge is 0.328 e. The van der Waals surface area contributed by atoms with E-state index >= 15 is 0 Å². The summed E-state index contributed by atoms with van der Waals surface area (Å²) in [6.07, 6.45) is 1.67. The molecule has 0 aliphatic heterocycles. The van der Waals surface area contributed by atoms with Crippen LogP contribution in [0.4, 0.5) is 16.0 Å². The Morgan fingerprint density at radius 3 is 2.21 bits per heavy atom. The molecule has 24 heavy (non-hydrogen) atoms. The molecule has 126 valence electrons. The predicted octanol–water partition coefficient (Wildman–Crippen LogP) is 1.69. The molecule has 2 rings (SSSR count). The maximum Gasteiger partial charge on any atom is 0.328 e. The highest BCUT2D eigenvalue weighted by Crippen LogP contribution is 2.16. The van der Waals surface area contributed by atoms with Gasteiger partial charge in [0.15, 0.2) is 0 Å². The first kappa shape index (κ1) is 18.6. The van der Waals surface area contributed by atoms with E-state index in [2.05, 4.69) is 4.98 Å². The summed E-state index contributed by atoms with van der Waals surface area (Å²) in [7, 11) is 0. The van der Waals surface area contributed by atoms with E-state index in [0.717, 1.165) is 11.1 Å². The third-order valence-corrected chi connectivity index (χ3v) is 2.69. The summed E-state index contributed by atoms with van der Waals surface area (Å²) in [4.78, 5) is 23.1. The summed E-state index contributed by atoms with van der Waals surface area (Å²) in [5.74, 6) is -1.98. The first-order valence-corrected chi connectivity index (χ1v) is 6.67. The van der Waals surface area contributed by atoms with Crippen molar-refractivity contribution in [3.8, 4) is 0 Å². The fraction of sp³-hybridized carbons (Fsp3) is 0.0625. The molecule has 7 nitrogen and oxygen atoms in total. The third kappa shape index (κ3) is 7.03. The second-order valence-electron chi connectivity index (χ2n) is 4.60. The number of aliphatic carboxylic acids is 2. The average molecular weight is 333 g/mol. The Morgan fingerprint density at radius 1 is 1.08 bits per heavy atom. The minimum atomic E-state index is -1.26. The summed E-state index contributed by atoms with van der Waals surface area (Å²) in [5, 5.41) is 15.6. The molecule has 1 aromatic carbocycles. The van der Waals surface area contributed by atoms with E-state index in [9.17, 15) is 14.0 Å². The van der Waals surface area contributed by atoms with E-state index in [1.807, 2.05) is 12.1 Å². The van der Waals surface area contributed by atoms with Crippen LogP contribution in [-0.2, 0) is 16.0 Å². The number of carboxylic acids is 2. The molecule has 0 aliphatic carbocycles. The van der Waals surface area contributed by atoms with Crippen LogP contribution < -0.4 is 11.5 Å². The highest BCUT2D eigenvalue weighted by Gasteiger charge is 2.03. The highest BCUT2D eigenvalue weighted by atomic mass is 19.1. The van der Waals surface area contributed by atoms with E-state index in [0.29, 0.717) is 30.2 Å². The Morgan fingerprint density at radius 2 is 1.71 bits per heavy atom. The van der Waals surface area contributed by atoms with Crippen LogP contribution >= 0.6 is 0 Å². The first-order valence-electron chi connectivity index (χ1n) is 6.67. The quantitative estimate of drug-likeness (QED) is 0.624. The van der Waals surface area contributed by atoms with Crippen LogP contribution in [0.2, 0.25) is 0 Å². The monoisotopic (exact) mass is 333 g/mol. The van der Waals surface area contributed by atoms with Crippen molar-refractivity contribution < 1.29 is 24.2 Å². The van der Waals surface area contributed by atoms with Crippen LogP contribution in [0, 0.1) is 5.82 Å². The fourth-order valence-electron chi connectivity index (χ4n) is 1.68. The molecule has 0 saturated heterocycles. The van der Waals surface area contributed by atoms with Crippen molar-refractivity contribution in [1.82, 2.24) is 4.98 Å². The molecule has 0 amide bonds. The molecule has 2 aromatic rings. The molecule has 0 unspecified atom stereocenters. The molecule has 6 N–H and O–H groups in total. The number of aromatic nitrogens is 1. The summed E-state index contributed by atoms with van der Waals surface area (Å²) < 4.78 is 13.0. The van der Waals surface area contributed by atoms with Crippen molar-refractivity contribution >= 4 is 23.6 Å². The van der Waals surface area contributed by atoms with E-state index in [-0.39, 0.29) is 5.82 Å². The number of nitrogens with two attached hydrogens (primary N) is 2. The van der Waals surface area contributed by atoms with Gasteiger partial charge in [0.2, 0.25) is 0 Å². The minimum Gasteiger partial charge on any atom is -0.478 e. The lowest BCUT2D eigenvalue weighted by Crippen LogP contribution is -2.01. The third-order valence-electron chi connectivity index (χ3n) is 2.69. The molecule has 0 fully saturated rings. The Hall–Kier alpha value is -3.42. The summed E-state index contributed by atoms with van der Waals surface area (Å²) in [5.41, 5.74) is 12.9. The van der Waals surface area contributed by atoms with Gasteiger partial charge in [0.25, 0.3) is 0 Å². The van der Waals surface area contributed by atoms with Gasteiger partial charge in [0.05, 0.1) is 0 Å². The maximum atomic E-state index is 13.0. The van der Waals surface area contributed by atoms with Crippen molar-refractivity contribution in [2.45, 2.75) is 6.42 Å². The SMILES string of the molecule is Nc1ccc(Cc2cccc(F)c2)c(N)n1.O=C(O)C=CC(=O)O. The van der Waals surface area contributed by atoms with Crippen LogP contribution in [0.1, 0.15) is 11.1 Å². The Bertz CT molecular complexity index is 747. The molecular weight excluding hydrogens is 317 g/mol. The number of carbonyl (C=O) groups is 2. The fourth-order valence-corrected chi connectivity index (χ4v) is 1.68. The number of hydrogen-bond acceptors (Lipinski definition) is 5. The zero-order valence-corrected chi connectivity index (χ0v) is 12.5. The normalized spacial score (nSPS) is 10.0. The molecule has 1 aromatic heterocycles. The number of halogens is 1. The number of anilines is 2. The van der Waals surface area contributed by atoms with Crippen LogP contribution in [0.3, 0.4) is 0 Å². The molecule has 0 atom stereocenters. The van der Waals surface area contributed by atoms with Crippen molar-refractivity contribution in [2.75, 3.05) is 11.5 Å². The van der Waals surface area contributed by atoms with Gasteiger partial charge in [0, 0.05) is 18.6 Å². The van der Waals surface area contributed by atoms with Crippen molar-refractivity contribution in [2.24, 2.45) is 0 Å². The van der Waals surface area contributed by atoms with Crippen LogP contribution in [0.5, 0.6) is 0 Å².